The molecule has 2 heterocycles. The van der Waals surface area contributed by atoms with Crippen molar-refractivity contribution in [2.45, 2.75) is 33.3 Å². The maximum atomic E-state index is 13.2. The van der Waals surface area contributed by atoms with Crippen molar-refractivity contribution >= 4 is 23.2 Å². The van der Waals surface area contributed by atoms with Gasteiger partial charge in [0.15, 0.2) is 6.10 Å². The third kappa shape index (κ3) is 3.76. The summed E-state index contributed by atoms with van der Waals surface area (Å²) in [4.78, 5) is 24.4. The maximum Gasteiger partial charge on any atom is 0.265 e. The number of anilines is 2. The summed E-state index contributed by atoms with van der Waals surface area (Å²) >= 11 is 0. The van der Waals surface area contributed by atoms with E-state index in [1.807, 2.05) is 13.8 Å². The maximum absolute atomic E-state index is 13.2. The van der Waals surface area contributed by atoms with Crippen LogP contribution in [-0.2, 0) is 16.0 Å². The van der Waals surface area contributed by atoms with E-state index in [4.69, 9.17) is 4.74 Å². The van der Waals surface area contributed by atoms with E-state index in [0.717, 1.165) is 22.6 Å². The topological polar surface area (TPSA) is 85.3 Å². The summed E-state index contributed by atoms with van der Waals surface area (Å²) in [7, 11) is 0. The number of nitrogens with zero attached hydrogens (tertiary/aromatic N) is 2. The number of fused-ring (bicyclic) bond motifs is 1. The van der Waals surface area contributed by atoms with E-state index in [0.29, 0.717) is 17.1 Å². The molecule has 2 N–H and O–H groups in total. The van der Waals surface area contributed by atoms with Crippen LogP contribution in [0.3, 0.4) is 0 Å². The van der Waals surface area contributed by atoms with Gasteiger partial charge in [-0.1, -0.05) is 0 Å². The highest BCUT2D eigenvalue weighted by atomic mass is 19.1. The molecule has 8 heteroatoms. The second kappa shape index (κ2) is 7.62. The molecule has 2 amide bonds. The van der Waals surface area contributed by atoms with Crippen LogP contribution in [0.5, 0.6) is 5.75 Å². The molecule has 0 spiro atoms. The molecule has 1 atom stereocenters. The van der Waals surface area contributed by atoms with Crippen molar-refractivity contribution in [3.63, 3.8) is 0 Å². The second-order valence-corrected chi connectivity index (χ2v) is 7.22. The number of nitrogens with one attached hydrogen (secondary N) is 2. The van der Waals surface area contributed by atoms with Gasteiger partial charge in [0.25, 0.3) is 5.91 Å². The van der Waals surface area contributed by atoms with Crippen molar-refractivity contribution in [2.24, 2.45) is 0 Å². The zero-order valence-corrected chi connectivity index (χ0v) is 16.8. The summed E-state index contributed by atoms with van der Waals surface area (Å²) < 4.78 is 20.4. The Morgan fingerprint density at radius 2 is 1.97 bits per heavy atom. The van der Waals surface area contributed by atoms with E-state index >= 15 is 0 Å². The second-order valence-electron chi connectivity index (χ2n) is 7.22. The minimum atomic E-state index is -0.554. The lowest BCUT2D eigenvalue weighted by molar-refractivity contribution is -0.122. The molecule has 2 aromatic carbocycles. The number of benzene rings is 2. The summed E-state index contributed by atoms with van der Waals surface area (Å²) in [6, 6.07) is 11.1. The van der Waals surface area contributed by atoms with Gasteiger partial charge in [-0.25, -0.2) is 9.07 Å². The van der Waals surface area contributed by atoms with Gasteiger partial charge in [-0.15, -0.1) is 0 Å². The van der Waals surface area contributed by atoms with Crippen LogP contribution in [-0.4, -0.2) is 27.7 Å². The molecule has 0 radical (unpaired) electrons. The molecule has 1 aliphatic heterocycles. The highest BCUT2D eigenvalue weighted by Gasteiger charge is 2.24. The Morgan fingerprint density at radius 1 is 1.23 bits per heavy atom. The molecule has 0 aliphatic carbocycles. The van der Waals surface area contributed by atoms with Crippen LogP contribution in [0.4, 0.5) is 15.8 Å². The number of hydrogen-bond donors (Lipinski definition) is 2. The molecular formula is C22H21FN4O3. The van der Waals surface area contributed by atoms with Crippen LogP contribution >= 0.6 is 0 Å². The van der Waals surface area contributed by atoms with Gasteiger partial charge in [0.05, 0.1) is 23.5 Å². The lowest BCUT2D eigenvalue weighted by Crippen LogP contribution is -2.34. The van der Waals surface area contributed by atoms with Gasteiger partial charge >= 0.3 is 0 Å². The van der Waals surface area contributed by atoms with Gasteiger partial charge in [-0.3, -0.25) is 9.59 Å². The van der Waals surface area contributed by atoms with E-state index in [2.05, 4.69) is 15.7 Å². The van der Waals surface area contributed by atoms with Crippen molar-refractivity contribution in [1.29, 1.82) is 0 Å². The monoisotopic (exact) mass is 408 g/mol. The largest absolute Gasteiger partial charge is 0.479 e. The van der Waals surface area contributed by atoms with Crippen LogP contribution in [0.2, 0.25) is 0 Å². The zero-order valence-electron chi connectivity index (χ0n) is 16.8. The molecule has 0 saturated carbocycles. The van der Waals surface area contributed by atoms with Crippen molar-refractivity contribution in [3.8, 4) is 11.4 Å². The van der Waals surface area contributed by atoms with E-state index in [1.54, 1.807) is 41.9 Å². The number of carbonyl (C=O) groups excluding carboxylic acids is 2. The third-order valence-electron chi connectivity index (χ3n) is 5.04. The number of aryl methyl sites for hydroxylation is 1. The molecule has 0 bridgehead atoms. The highest BCUT2D eigenvalue weighted by molar-refractivity contribution is 5.99. The van der Waals surface area contributed by atoms with Gasteiger partial charge in [0, 0.05) is 16.9 Å². The van der Waals surface area contributed by atoms with Gasteiger partial charge in [-0.05, 0) is 63.2 Å². The molecule has 7 nitrogen and oxygen atoms in total. The first kappa shape index (κ1) is 19.6. The molecule has 154 valence electrons. The van der Waals surface area contributed by atoms with Crippen LogP contribution in [0.25, 0.3) is 5.69 Å². The van der Waals surface area contributed by atoms with Crippen molar-refractivity contribution in [3.05, 3.63) is 65.2 Å². The molecular weight excluding hydrogens is 387 g/mol. The Bertz CT molecular complexity index is 1140. The molecule has 0 unspecified atom stereocenters. The minimum absolute atomic E-state index is 0.135. The zero-order chi connectivity index (χ0) is 21.4. The van der Waals surface area contributed by atoms with Crippen LogP contribution in [0, 0.1) is 19.7 Å². The average molecular weight is 408 g/mol. The molecule has 3 aromatic rings. The lowest BCUT2D eigenvalue weighted by Gasteiger charge is -2.23. The smallest absolute Gasteiger partial charge is 0.265 e. The summed E-state index contributed by atoms with van der Waals surface area (Å²) in [5, 5.41) is 10.1. The number of rotatable bonds is 4. The summed E-state index contributed by atoms with van der Waals surface area (Å²) in [5.41, 5.74) is 4.15. The van der Waals surface area contributed by atoms with Gasteiger partial charge in [0.1, 0.15) is 11.6 Å². The van der Waals surface area contributed by atoms with E-state index in [-0.39, 0.29) is 24.1 Å². The molecule has 1 aliphatic rings. The first-order chi connectivity index (χ1) is 14.3. The van der Waals surface area contributed by atoms with E-state index in [9.17, 15) is 14.0 Å². The number of aromatic nitrogens is 2. The number of amides is 2. The fourth-order valence-electron chi connectivity index (χ4n) is 3.42. The molecule has 30 heavy (non-hydrogen) atoms. The summed E-state index contributed by atoms with van der Waals surface area (Å²) in [6.07, 6.45) is -0.419. The van der Waals surface area contributed by atoms with Crippen LogP contribution < -0.4 is 15.4 Å². The lowest BCUT2D eigenvalue weighted by atomic mass is 10.1. The van der Waals surface area contributed by atoms with Crippen LogP contribution in [0.1, 0.15) is 23.9 Å². The van der Waals surface area contributed by atoms with Gasteiger partial charge in [0.2, 0.25) is 5.91 Å². The quantitative estimate of drug-likeness (QED) is 0.692. The summed E-state index contributed by atoms with van der Waals surface area (Å²) in [6.45, 7) is 5.38. The van der Waals surface area contributed by atoms with Crippen LogP contribution in [0.15, 0.2) is 42.5 Å². The van der Waals surface area contributed by atoms with Gasteiger partial charge < -0.3 is 15.4 Å². The predicted molar refractivity (Wildman–Crippen MR) is 110 cm³/mol. The number of halogens is 1. The number of carbonyl (C=O) groups is 2. The third-order valence-corrected chi connectivity index (χ3v) is 5.04. The first-order valence-corrected chi connectivity index (χ1v) is 9.54. The minimum Gasteiger partial charge on any atom is -0.479 e. The number of hydrogen-bond acceptors (Lipinski definition) is 4. The number of ether oxygens (including phenoxy) is 1. The Kier molecular flexibility index (Phi) is 4.99. The SMILES string of the molecule is Cc1nn(-c2ccc(F)cc2)c(C)c1CC(=O)Nc1ccc2c(c1)NC(=O)[C@@H](C)O2. The van der Waals surface area contributed by atoms with E-state index < -0.39 is 6.10 Å². The summed E-state index contributed by atoms with van der Waals surface area (Å²) in [5.74, 6) is -0.199. The Morgan fingerprint density at radius 3 is 2.70 bits per heavy atom. The van der Waals surface area contributed by atoms with E-state index in [1.165, 1.54) is 12.1 Å². The van der Waals surface area contributed by atoms with Crippen molar-refractivity contribution in [1.82, 2.24) is 9.78 Å². The molecule has 4 rings (SSSR count). The van der Waals surface area contributed by atoms with Crippen molar-refractivity contribution < 1.29 is 18.7 Å². The molecule has 0 fully saturated rings. The first-order valence-electron chi connectivity index (χ1n) is 9.54. The Labute approximate surface area is 172 Å². The fourth-order valence-corrected chi connectivity index (χ4v) is 3.42. The Hall–Kier alpha value is -3.68. The fraction of sp³-hybridized carbons (Fsp3) is 0.227. The van der Waals surface area contributed by atoms with Gasteiger partial charge in [-0.2, -0.15) is 5.10 Å². The highest BCUT2D eigenvalue weighted by Crippen LogP contribution is 2.32. The molecule has 1 aromatic heterocycles. The average Bonchev–Trinajstić information content (AvgIpc) is 2.98. The normalized spacial score (nSPS) is 15.2. The predicted octanol–water partition coefficient (Wildman–Crippen LogP) is 3.53. The standard InChI is InChI=1S/C22H21FN4O3/c1-12-18(13(2)27(26-12)17-7-4-15(23)5-8-17)11-21(28)24-16-6-9-20-19(10-16)25-22(29)14(3)30-20/h4-10,14H,11H2,1-3H3,(H,24,28)(H,25,29)/t14-/m1/s1. The van der Waals surface area contributed by atoms with Crippen molar-refractivity contribution in [2.75, 3.05) is 10.6 Å². The molecule has 0 saturated heterocycles. The Balaban J connectivity index is 1.50.